The van der Waals surface area contributed by atoms with Crippen molar-refractivity contribution in [3.8, 4) is 11.3 Å². The summed E-state index contributed by atoms with van der Waals surface area (Å²) in [4.78, 5) is 2.49. The van der Waals surface area contributed by atoms with Gasteiger partial charge >= 0.3 is 0 Å². The number of piperidine rings is 1. The number of aliphatic hydroxyl groups excluding tert-OH is 1. The van der Waals surface area contributed by atoms with Gasteiger partial charge in [-0.2, -0.15) is 0 Å². The Hall–Kier alpha value is -2.57. The van der Waals surface area contributed by atoms with Crippen LogP contribution in [0.3, 0.4) is 0 Å². The minimum atomic E-state index is -0.514. The van der Waals surface area contributed by atoms with Gasteiger partial charge in [-0.05, 0) is 49.2 Å². The number of unbranched alkanes of at least 4 members (excludes halogenated alkanes) is 3. The lowest BCUT2D eigenvalue weighted by molar-refractivity contribution is -0.00774. The molecule has 164 valence electrons. The lowest BCUT2D eigenvalue weighted by atomic mass is 9.90. The summed E-state index contributed by atoms with van der Waals surface area (Å²) in [5.74, 6) is -0.274. The van der Waals surface area contributed by atoms with E-state index in [-0.39, 0.29) is 17.9 Å². The molecule has 0 bridgehead atoms. The first kappa shape index (κ1) is 21.7. The molecule has 0 aliphatic carbocycles. The lowest BCUT2D eigenvalue weighted by Crippen LogP contribution is -2.46. The summed E-state index contributed by atoms with van der Waals surface area (Å²) in [6, 6.07) is 16.8. The summed E-state index contributed by atoms with van der Waals surface area (Å²) < 4.78 is 15.0. The highest BCUT2D eigenvalue weighted by Crippen LogP contribution is 2.36. The van der Waals surface area contributed by atoms with E-state index in [1.165, 1.54) is 37.0 Å². The minimum absolute atomic E-state index is 0.159. The van der Waals surface area contributed by atoms with E-state index in [0.717, 1.165) is 25.1 Å². The molecule has 5 nitrogen and oxygen atoms in total. The summed E-state index contributed by atoms with van der Waals surface area (Å²) in [7, 11) is 0. The molecule has 4 rings (SSSR count). The molecule has 1 saturated heterocycles. The molecule has 1 N–H and O–H groups in total. The fourth-order valence-corrected chi connectivity index (χ4v) is 4.49. The summed E-state index contributed by atoms with van der Waals surface area (Å²) in [6.07, 6.45) is 6.85. The highest BCUT2D eigenvalue weighted by atomic mass is 19.1. The molecule has 2 aromatic carbocycles. The lowest BCUT2D eigenvalue weighted by Gasteiger charge is -2.42. The number of hydrogen-bond acceptors (Lipinski definition) is 4. The third-order valence-corrected chi connectivity index (χ3v) is 6.24. The zero-order valence-corrected chi connectivity index (χ0v) is 18.1. The monoisotopic (exact) mass is 422 g/mol. The number of likely N-dealkylation sites (tertiary alicyclic amines) is 1. The number of aliphatic hydroxyl groups is 1. The van der Waals surface area contributed by atoms with Crippen LogP contribution < -0.4 is 0 Å². The molecule has 1 aliphatic heterocycles. The van der Waals surface area contributed by atoms with Gasteiger partial charge < -0.3 is 5.11 Å². The Morgan fingerprint density at radius 2 is 1.81 bits per heavy atom. The Morgan fingerprint density at radius 1 is 1.03 bits per heavy atom. The van der Waals surface area contributed by atoms with Gasteiger partial charge in [0.1, 0.15) is 11.5 Å². The second-order valence-electron chi connectivity index (χ2n) is 8.44. The predicted molar refractivity (Wildman–Crippen MR) is 120 cm³/mol. The van der Waals surface area contributed by atoms with Crippen LogP contribution in [-0.4, -0.2) is 44.2 Å². The smallest absolute Gasteiger partial charge is 0.123 e. The third-order valence-electron chi connectivity index (χ3n) is 6.24. The standard InChI is InChI=1S/C25H31FN4O/c1-2-3-4-8-15-29-18-24(25(31)16-23(29)20-9-6-5-7-10-20)30-17-22(27-28-30)19-11-13-21(26)14-12-19/h5-7,9-14,17,23-25,31H,2-4,8,15-16,18H2,1H3/t23-,24+,25+/m1/s1. The van der Waals surface area contributed by atoms with E-state index in [4.69, 9.17) is 0 Å². The Kier molecular flexibility index (Phi) is 7.10. The molecule has 2 heterocycles. The fraction of sp³-hybridized carbons (Fsp3) is 0.440. The van der Waals surface area contributed by atoms with Gasteiger partial charge in [-0.3, -0.25) is 4.90 Å². The Morgan fingerprint density at radius 3 is 2.55 bits per heavy atom. The van der Waals surface area contributed by atoms with Gasteiger partial charge in [0.15, 0.2) is 0 Å². The van der Waals surface area contributed by atoms with Crippen LogP contribution in [0.1, 0.15) is 56.7 Å². The molecule has 1 aliphatic rings. The maximum atomic E-state index is 13.2. The Bertz CT molecular complexity index is 944. The van der Waals surface area contributed by atoms with E-state index in [0.29, 0.717) is 12.1 Å². The van der Waals surface area contributed by atoms with E-state index in [2.05, 4.69) is 46.4 Å². The van der Waals surface area contributed by atoms with E-state index < -0.39 is 6.10 Å². The molecule has 31 heavy (non-hydrogen) atoms. The average molecular weight is 423 g/mol. The van der Waals surface area contributed by atoms with E-state index >= 15 is 0 Å². The summed E-state index contributed by atoms with van der Waals surface area (Å²) in [5.41, 5.74) is 2.75. The van der Waals surface area contributed by atoms with Gasteiger partial charge in [0.2, 0.25) is 0 Å². The van der Waals surface area contributed by atoms with Crippen LogP contribution in [0.2, 0.25) is 0 Å². The van der Waals surface area contributed by atoms with Crippen LogP contribution >= 0.6 is 0 Å². The maximum absolute atomic E-state index is 13.2. The van der Waals surface area contributed by atoms with Crippen molar-refractivity contribution in [2.75, 3.05) is 13.1 Å². The van der Waals surface area contributed by atoms with Crippen molar-refractivity contribution in [2.45, 2.75) is 57.2 Å². The van der Waals surface area contributed by atoms with Gasteiger partial charge in [0, 0.05) is 18.2 Å². The van der Waals surface area contributed by atoms with Crippen LogP contribution in [0.15, 0.2) is 60.8 Å². The number of nitrogens with zero attached hydrogens (tertiary/aromatic N) is 4. The summed E-state index contributed by atoms with van der Waals surface area (Å²) in [6.45, 7) is 3.95. The van der Waals surface area contributed by atoms with Crippen molar-refractivity contribution < 1.29 is 9.50 Å². The Balaban J connectivity index is 1.53. The third kappa shape index (κ3) is 5.20. The zero-order valence-electron chi connectivity index (χ0n) is 18.1. The highest BCUT2D eigenvalue weighted by molar-refractivity contribution is 5.57. The van der Waals surface area contributed by atoms with Crippen molar-refractivity contribution in [3.05, 3.63) is 72.2 Å². The molecule has 0 radical (unpaired) electrons. The van der Waals surface area contributed by atoms with E-state index in [1.807, 2.05) is 12.3 Å². The predicted octanol–water partition coefficient (Wildman–Crippen LogP) is 5.01. The maximum Gasteiger partial charge on any atom is 0.123 e. The van der Waals surface area contributed by atoms with Crippen molar-refractivity contribution in [2.24, 2.45) is 0 Å². The minimum Gasteiger partial charge on any atom is -0.391 e. The summed E-state index contributed by atoms with van der Waals surface area (Å²) in [5, 5.41) is 19.6. The molecule has 0 unspecified atom stereocenters. The van der Waals surface area contributed by atoms with Crippen LogP contribution in [0.4, 0.5) is 4.39 Å². The summed E-state index contributed by atoms with van der Waals surface area (Å²) >= 11 is 0. The van der Waals surface area contributed by atoms with Crippen LogP contribution in [0.25, 0.3) is 11.3 Å². The van der Waals surface area contributed by atoms with Gasteiger partial charge in [-0.1, -0.05) is 61.7 Å². The molecule has 0 spiro atoms. The second kappa shape index (κ2) is 10.2. The van der Waals surface area contributed by atoms with Crippen molar-refractivity contribution in [1.29, 1.82) is 0 Å². The van der Waals surface area contributed by atoms with Gasteiger partial charge in [0.25, 0.3) is 0 Å². The SMILES string of the molecule is CCCCCCN1C[C@H](n2cc(-c3ccc(F)cc3)nn2)[C@@H](O)C[C@@H]1c1ccccc1. The van der Waals surface area contributed by atoms with Crippen LogP contribution in [0.5, 0.6) is 0 Å². The van der Waals surface area contributed by atoms with E-state index in [1.54, 1.807) is 16.8 Å². The normalized spacial score (nSPS) is 22.0. The molecule has 0 saturated carbocycles. The molecule has 1 aromatic heterocycles. The van der Waals surface area contributed by atoms with Gasteiger partial charge in [-0.25, -0.2) is 9.07 Å². The van der Waals surface area contributed by atoms with Crippen molar-refractivity contribution in [1.82, 2.24) is 19.9 Å². The van der Waals surface area contributed by atoms with Crippen LogP contribution in [0, 0.1) is 5.82 Å². The number of rotatable bonds is 8. The van der Waals surface area contributed by atoms with Crippen molar-refractivity contribution >= 4 is 0 Å². The molecule has 3 atom stereocenters. The molecular formula is C25H31FN4O. The first-order chi connectivity index (χ1) is 15.2. The van der Waals surface area contributed by atoms with E-state index in [9.17, 15) is 9.50 Å². The number of benzene rings is 2. The number of halogens is 1. The largest absolute Gasteiger partial charge is 0.391 e. The number of aromatic nitrogens is 3. The Labute approximate surface area is 183 Å². The second-order valence-corrected chi connectivity index (χ2v) is 8.44. The molecular weight excluding hydrogens is 391 g/mol. The van der Waals surface area contributed by atoms with Crippen LogP contribution in [-0.2, 0) is 0 Å². The van der Waals surface area contributed by atoms with Gasteiger partial charge in [0.05, 0.1) is 18.3 Å². The molecule has 1 fully saturated rings. The quantitative estimate of drug-likeness (QED) is 0.518. The highest BCUT2D eigenvalue weighted by Gasteiger charge is 2.36. The number of hydrogen-bond donors (Lipinski definition) is 1. The first-order valence-electron chi connectivity index (χ1n) is 11.3. The fourth-order valence-electron chi connectivity index (χ4n) is 4.49. The average Bonchev–Trinajstić information content (AvgIpc) is 3.28. The van der Waals surface area contributed by atoms with Gasteiger partial charge in [-0.15, -0.1) is 5.10 Å². The first-order valence-corrected chi connectivity index (χ1v) is 11.3. The molecule has 3 aromatic rings. The topological polar surface area (TPSA) is 54.2 Å². The molecule has 6 heteroatoms. The zero-order chi connectivity index (χ0) is 21.6. The van der Waals surface area contributed by atoms with Crippen molar-refractivity contribution in [3.63, 3.8) is 0 Å². The molecule has 0 amide bonds.